The van der Waals surface area contributed by atoms with Crippen molar-refractivity contribution in [2.45, 2.75) is 0 Å². The van der Waals surface area contributed by atoms with E-state index in [0.717, 1.165) is 32.0 Å². The Balaban J connectivity index is 2.21. The van der Waals surface area contributed by atoms with Gasteiger partial charge in [0.2, 0.25) is 0 Å². The number of ether oxygens (including phenoxy) is 1. The van der Waals surface area contributed by atoms with Crippen LogP contribution in [0.4, 0.5) is 5.69 Å². The molecule has 0 unspecified atom stereocenters. The molecule has 1 aromatic rings. The Morgan fingerprint density at radius 2 is 1.93 bits per heavy atom. The minimum absolute atomic E-state index is 0.207. The van der Waals surface area contributed by atoms with E-state index in [9.17, 15) is 5.11 Å². The highest BCUT2D eigenvalue weighted by Gasteiger charge is 2.12. The third-order valence-electron chi connectivity index (χ3n) is 2.24. The fourth-order valence-electron chi connectivity index (χ4n) is 1.56. The van der Waals surface area contributed by atoms with Crippen molar-refractivity contribution >= 4 is 17.3 Å². The highest BCUT2D eigenvalue weighted by molar-refractivity contribution is 6.31. The quantitative estimate of drug-likeness (QED) is 0.773. The first-order valence-corrected chi connectivity index (χ1v) is 4.96. The normalized spacial score (nSPS) is 17.1. The molecular formula is C10H12ClNO2. The van der Waals surface area contributed by atoms with Gasteiger partial charge in [-0.2, -0.15) is 0 Å². The molecule has 1 heterocycles. The second-order valence-corrected chi connectivity index (χ2v) is 3.70. The zero-order valence-corrected chi connectivity index (χ0v) is 8.50. The first-order valence-electron chi connectivity index (χ1n) is 4.58. The Bertz CT molecular complexity index is 304. The second-order valence-electron chi connectivity index (χ2n) is 3.27. The van der Waals surface area contributed by atoms with Crippen molar-refractivity contribution in [3.05, 3.63) is 23.2 Å². The summed E-state index contributed by atoms with van der Waals surface area (Å²) in [4.78, 5) is 2.15. The van der Waals surface area contributed by atoms with Crippen LogP contribution in [-0.2, 0) is 4.74 Å². The van der Waals surface area contributed by atoms with Crippen LogP contribution in [0.15, 0.2) is 18.2 Å². The van der Waals surface area contributed by atoms with E-state index in [-0.39, 0.29) is 5.75 Å². The van der Waals surface area contributed by atoms with E-state index < -0.39 is 0 Å². The van der Waals surface area contributed by atoms with Crippen molar-refractivity contribution in [1.29, 1.82) is 0 Å². The molecule has 1 aliphatic heterocycles. The van der Waals surface area contributed by atoms with Crippen LogP contribution in [-0.4, -0.2) is 31.4 Å². The van der Waals surface area contributed by atoms with E-state index in [2.05, 4.69) is 4.90 Å². The molecule has 0 atom stereocenters. The van der Waals surface area contributed by atoms with E-state index in [1.807, 2.05) is 6.07 Å². The number of benzene rings is 1. The summed E-state index contributed by atoms with van der Waals surface area (Å²) in [5, 5.41) is 9.94. The molecule has 0 bridgehead atoms. The molecule has 0 saturated carbocycles. The maximum atomic E-state index is 9.38. The lowest BCUT2D eigenvalue weighted by molar-refractivity contribution is 0.122. The van der Waals surface area contributed by atoms with Crippen LogP contribution in [0.5, 0.6) is 5.75 Å². The van der Waals surface area contributed by atoms with Crippen LogP contribution in [0, 0.1) is 0 Å². The van der Waals surface area contributed by atoms with Gasteiger partial charge in [-0.1, -0.05) is 11.6 Å². The van der Waals surface area contributed by atoms with Crippen LogP contribution < -0.4 is 4.90 Å². The van der Waals surface area contributed by atoms with Crippen LogP contribution in [0.1, 0.15) is 0 Å². The summed E-state index contributed by atoms with van der Waals surface area (Å²) in [6.45, 7) is 3.15. The molecule has 4 heteroatoms. The summed E-state index contributed by atoms with van der Waals surface area (Å²) in [5.41, 5.74) is 0.957. The minimum atomic E-state index is 0.207. The zero-order valence-electron chi connectivity index (χ0n) is 7.74. The van der Waals surface area contributed by atoms with E-state index in [1.54, 1.807) is 6.07 Å². The Kier molecular flexibility index (Phi) is 2.79. The largest absolute Gasteiger partial charge is 0.508 e. The Hall–Kier alpha value is -0.930. The molecule has 0 spiro atoms. The number of morpholine rings is 1. The van der Waals surface area contributed by atoms with E-state index >= 15 is 0 Å². The topological polar surface area (TPSA) is 32.7 Å². The number of rotatable bonds is 1. The monoisotopic (exact) mass is 213 g/mol. The predicted octanol–water partition coefficient (Wildman–Crippen LogP) is 1.88. The Labute approximate surface area is 87.9 Å². The summed E-state index contributed by atoms with van der Waals surface area (Å²) in [6, 6.07) is 5.11. The number of phenolic OH excluding ortho intramolecular Hbond substituents is 1. The minimum Gasteiger partial charge on any atom is -0.508 e. The van der Waals surface area contributed by atoms with Crippen molar-refractivity contribution in [3.8, 4) is 5.75 Å². The lowest BCUT2D eigenvalue weighted by Gasteiger charge is -2.29. The molecule has 0 aromatic heterocycles. The van der Waals surface area contributed by atoms with Gasteiger partial charge in [-0.15, -0.1) is 0 Å². The van der Waals surface area contributed by atoms with Crippen molar-refractivity contribution in [2.75, 3.05) is 31.2 Å². The maximum Gasteiger partial charge on any atom is 0.119 e. The van der Waals surface area contributed by atoms with Crippen molar-refractivity contribution in [3.63, 3.8) is 0 Å². The third-order valence-corrected chi connectivity index (χ3v) is 2.46. The number of hydrogen-bond donors (Lipinski definition) is 1. The number of aromatic hydroxyl groups is 1. The molecule has 0 radical (unpaired) electrons. The van der Waals surface area contributed by atoms with Crippen molar-refractivity contribution < 1.29 is 9.84 Å². The highest BCUT2D eigenvalue weighted by Crippen LogP contribution is 2.26. The Morgan fingerprint density at radius 1 is 1.21 bits per heavy atom. The summed E-state index contributed by atoms with van der Waals surface area (Å²) in [7, 11) is 0. The van der Waals surface area contributed by atoms with Crippen LogP contribution in [0.3, 0.4) is 0 Å². The standard InChI is InChI=1S/C10H12ClNO2/c11-8-5-9(7-10(13)6-8)12-1-3-14-4-2-12/h5-7,13H,1-4H2. The molecule has 1 aromatic carbocycles. The Morgan fingerprint density at radius 3 is 2.57 bits per heavy atom. The third kappa shape index (κ3) is 2.11. The molecule has 1 N–H and O–H groups in total. The molecular weight excluding hydrogens is 202 g/mol. The van der Waals surface area contributed by atoms with Crippen LogP contribution in [0.2, 0.25) is 5.02 Å². The summed E-state index contributed by atoms with van der Waals surface area (Å²) in [6.07, 6.45) is 0. The smallest absolute Gasteiger partial charge is 0.119 e. The average molecular weight is 214 g/mol. The SMILES string of the molecule is Oc1cc(Cl)cc(N2CCOCC2)c1. The number of halogens is 1. The fraction of sp³-hybridized carbons (Fsp3) is 0.400. The number of phenols is 1. The van der Waals surface area contributed by atoms with Gasteiger partial charge in [-0.05, 0) is 12.1 Å². The van der Waals surface area contributed by atoms with Gasteiger partial charge in [0, 0.05) is 29.9 Å². The zero-order chi connectivity index (χ0) is 9.97. The molecule has 1 fully saturated rings. The molecule has 76 valence electrons. The molecule has 0 aliphatic carbocycles. The molecule has 0 amide bonds. The van der Waals surface area contributed by atoms with Gasteiger partial charge < -0.3 is 14.7 Å². The maximum absolute atomic E-state index is 9.38. The van der Waals surface area contributed by atoms with Gasteiger partial charge in [0.25, 0.3) is 0 Å². The van der Waals surface area contributed by atoms with Gasteiger partial charge in [0.15, 0.2) is 0 Å². The summed E-state index contributed by atoms with van der Waals surface area (Å²) in [5.74, 6) is 0.207. The van der Waals surface area contributed by atoms with E-state index in [0.29, 0.717) is 5.02 Å². The van der Waals surface area contributed by atoms with Gasteiger partial charge in [0.1, 0.15) is 5.75 Å². The van der Waals surface area contributed by atoms with Gasteiger partial charge in [0.05, 0.1) is 13.2 Å². The van der Waals surface area contributed by atoms with Gasteiger partial charge >= 0.3 is 0 Å². The summed E-state index contributed by atoms with van der Waals surface area (Å²) >= 11 is 5.85. The van der Waals surface area contributed by atoms with E-state index in [4.69, 9.17) is 16.3 Å². The number of nitrogens with zero attached hydrogens (tertiary/aromatic N) is 1. The van der Waals surface area contributed by atoms with Crippen molar-refractivity contribution in [2.24, 2.45) is 0 Å². The fourth-order valence-corrected chi connectivity index (χ4v) is 1.79. The second kappa shape index (κ2) is 4.07. The van der Waals surface area contributed by atoms with Gasteiger partial charge in [-0.3, -0.25) is 0 Å². The molecule has 14 heavy (non-hydrogen) atoms. The van der Waals surface area contributed by atoms with Gasteiger partial charge in [-0.25, -0.2) is 0 Å². The number of hydrogen-bond acceptors (Lipinski definition) is 3. The van der Waals surface area contributed by atoms with Crippen LogP contribution in [0.25, 0.3) is 0 Å². The first-order chi connectivity index (χ1) is 6.75. The number of anilines is 1. The van der Waals surface area contributed by atoms with E-state index in [1.165, 1.54) is 6.07 Å². The lowest BCUT2D eigenvalue weighted by Crippen LogP contribution is -2.36. The predicted molar refractivity (Wildman–Crippen MR) is 56.1 cm³/mol. The highest BCUT2D eigenvalue weighted by atomic mass is 35.5. The molecule has 1 saturated heterocycles. The molecule has 2 rings (SSSR count). The first kappa shape index (κ1) is 9.62. The lowest BCUT2D eigenvalue weighted by atomic mass is 10.2. The molecule has 3 nitrogen and oxygen atoms in total. The summed E-state index contributed by atoms with van der Waals surface area (Å²) < 4.78 is 5.24. The molecule has 1 aliphatic rings. The average Bonchev–Trinajstić information content (AvgIpc) is 2.18. The van der Waals surface area contributed by atoms with Crippen LogP contribution >= 0.6 is 11.6 Å². The van der Waals surface area contributed by atoms with Crippen molar-refractivity contribution in [1.82, 2.24) is 0 Å².